The van der Waals surface area contributed by atoms with Gasteiger partial charge < -0.3 is 5.32 Å². The van der Waals surface area contributed by atoms with Crippen LogP contribution < -0.4 is 5.32 Å². The van der Waals surface area contributed by atoms with Crippen LogP contribution >= 0.6 is 11.8 Å². The van der Waals surface area contributed by atoms with Gasteiger partial charge in [-0.25, -0.2) is 0 Å². The van der Waals surface area contributed by atoms with Gasteiger partial charge in [0, 0.05) is 0 Å². The van der Waals surface area contributed by atoms with Gasteiger partial charge in [-0.15, -0.1) is 0 Å². The number of hydrogen-bond donors (Lipinski definition) is 1. The Balaban J connectivity index is 1.89. The Morgan fingerprint density at radius 3 is 2.56 bits per heavy atom. The SMILES string of the molecule is CCCC1SC(=NC2CCCCCCC2)NC1=O. The van der Waals surface area contributed by atoms with Crippen LogP contribution in [0, 0.1) is 0 Å². The maximum Gasteiger partial charge on any atom is 0.239 e. The zero-order valence-electron chi connectivity index (χ0n) is 11.3. The summed E-state index contributed by atoms with van der Waals surface area (Å²) in [5.41, 5.74) is 0. The molecule has 0 aromatic heterocycles. The second-order valence-corrected chi connectivity index (χ2v) is 6.51. The fraction of sp³-hybridized carbons (Fsp3) is 0.857. The molecule has 2 fully saturated rings. The molecule has 3 nitrogen and oxygen atoms in total. The van der Waals surface area contributed by atoms with Crippen molar-refractivity contribution < 1.29 is 4.79 Å². The van der Waals surface area contributed by atoms with Crippen molar-refractivity contribution in [2.45, 2.75) is 76.0 Å². The number of rotatable bonds is 3. The third-order valence-corrected chi connectivity index (χ3v) is 4.87. The molecule has 1 aliphatic carbocycles. The van der Waals surface area contributed by atoms with Crippen LogP contribution in [0.25, 0.3) is 0 Å². The lowest BCUT2D eigenvalue weighted by atomic mass is 9.97. The minimum absolute atomic E-state index is 0.0994. The molecule has 1 amide bonds. The predicted molar refractivity (Wildman–Crippen MR) is 78.0 cm³/mol. The minimum Gasteiger partial charge on any atom is -0.304 e. The molecule has 0 spiro atoms. The third-order valence-electron chi connectivity index (χ3n) is 3.70. The van der Waals surface area contributed by atoms with Crippen molar-refractivity contribution in [1.82, 2.24) is 5.32 Å². The van der Waals surface area contributed by atoms with Gasteiger partial charge >= 0.3 is 0 Å². The number of carbonyl (C=O) groups is 1. The smallest absolute Gasteiger partial charge is 0.239 e. The highest BCUT2D eigenvalue weighted by atomic mass is 32.2. The van der Waals surface area contributed by atoms with Gasteiger partial charge in [-0.3, -0.25) is 9.79 Å². The van der Waals surface area contributed by atoms with E-state index in [9.17, 15) is 4.79 Å². The first kappa shape index (κ1) is 13.9. The Labute approximate surface area is 114 Å². The van der Waals surface area contributed by atoms with Crippen LogP contribution in [0.2, 0.25) is 0 Å². The van der Waals surface area contributed by atoms with Gasteiger partial charge in [0.2, 0.25) is 5.91 Å². The molecule has 0 aromatic carbocycles. The molecule has 102 valence electrons. The van der Waals surface area contributed by atoms with Crippen LogP contribution in [0.4, 0.5) is 0 Å². The third kappa shape index (κ3) is 4.01. The van der Waals surface area contributed by atoms with E-state index < -0.39 is 0 Å². The summed E-state index contributed by atoms with van der Waals surface area (Å²) in [4.78, 5) is 16.5. The molecule has 1 atom stereocenters. The Bertz CT molecular complexity index is 309. The molecule has 1 N–H and O–H groups in total. The van der Waals surface area contributed by atoms with E-state index >= 15 is 0 Å². The topological polar surface area (TPSA) is 41.5 Å². The molecule has 1 aliphatic heterocycles. The van der Waals surface area contributed by atoms with Crippen molar-refractivity contribution in [2.24, 2.45) is 4.99 Å². The minimum atomic E-state index is 0.0994. The van der Waals surface area contributed by atoms with Crippen LogP contribution in [0.3, 0.4) is 0 Å². The molecule has 2 rings (SSSR count). The highest BCUT2D eigenvalue weighted by molar-refractivity contribution is 8.15. The second-order valence-electron chi connectivity index (χ2n) is 5.32. The van der Waals surface area contributed by atoms with Gasteiger partial charge in [0.25, 0.3) is 0 Å². The van der Waals surface area contributed by atoms with Gasteiger partial charge in [-0.05, 0) is 19.3 Å². The lowest BCUT2D eigenvalue weighted by Gasteiger charge is -2.16. The molecular weight excluding hydrogens is 244 g/mol. The van der Waals surface area contributed by atoms with Gasteiger partial charge in [-0.2, -0.15) is 0 Å². The Morgan fingerprint density at radius 2 is 1.89 bits per heavy atom. The maximum atomic E-state index is 11.7. The lowest BCUT2D eigenvalue weighted by Crippen LogP contribution is -2.25. The monoisotopic (exact) mass is 268 g/mol. The fourth-order valence-corrected chi connectivity index (χ4v) is 3.81. The van der Waals surface area contributed by atoms with Gasteiger partial charge in [0.15, 0.2) is 5.17 Å². The van der Waals surface area contributed by atoms with Crippen LogP contribution in [0.1, 0.15) is 64.7 Å². The number of carbonyl (C=O) groups excluding carboxylic acids is 1. The maximum absolute atomic E-state index is 11.7. The van der Waals surface area contributed by atoms with Crippen molar-refractivity contribution in [1.29, 1.82) is 0 Å². The van der Waals surface area contributed by atoms with E-state index in [1.54, 1.807) is 11.8 Å². The van der Waals surface area contributed by atoms with Crippen molar-refractivity contribution in [3.05, 3.63) is 0 Å². The molecule has 0 aromatic rings. The van der Waals surface area contributed by atoms with Crippen molar-refractivity contribution >= 4 is 22.8 Å². The van der Waals surface area contributed by atoms with Crippen molar-refractivity contribution in [3.63, 3.8) is 0 Å². The zero-order valence-corrected chi connectivity index (χ0v) is 12.1. The van der Waals surface area contributed by atoms with Crippen molar-refractivity contribution in [2.75, 3.05) is 0 Å². The van der Waals surface area contributed by atoms with E-state index in [1.165, 1.54) is 44.9 Å². The number of aliphatic imine (C=N–C) groups is 1. The van der Waals surface area contributed by atoms with E-state index in [0.717, 1.165) is 18.0 Å². The predicted octanol–water partition coefficient (Wildman–Crippen LogP) is 3.49. The Kier molecular flexibility index (Phi) is 5.54. The standard InChI is InChI=1S/C14H24N2OS/c1-2-8-12-13(17)16-14(18-12)15-11-9-6-4-3-5-7-10-11/h11-12H,2-10H2,1H3,(H,15,16,17). The number of hydrogen-bond acceptors (Lipinski definition) is 3. The van der Waals surface area contributed by atoms with Gasteiger partial charge in [0.05, 0.1) is 11.3 Å². The summed E-state index contributed by atoms with van der Waals surface area (Å²) >= 11 is 1.64. The molecule has 1 heterocycles. The van der Waals surface area contributed by atoms with E-state index in [4.69, 9.17) is 4.99 Å². The first-order valence-corrected chi connectivity index (χ1v) is 8.23. The number of amidine groups is 1. The molecule has 1 saturated heterocycles. The molecule has 2 aliphatic rings. The molecule has 4 heteroatoms. The van der Waals surface area contributed by atoms with Crippen LogP contribution in [-0.2, 0) is 4.79 Å². The molecule has 1 unspecified atom stereocenters. The number of amides is 1. The summed E-state index contributed by atoms with van der Waals surface area (Å²) in [6.45, 7) is 2.12. The molecule has 0 radical (unpaired) electrons. The van der Waals surface area contributed by atoms with E-state index in [0.29, 0.717) is 6.04 Å². The summed E-state index contributed by atoms with van der Waals surface area (Å²) in [6, 6.07) is 0.438. The largest absolute Gasteiger partial charge is 0.304 e. The molecule has 1 saturated carbocycles. The average Bonchev–Trinajstić information content (AvgIpc) is 2.64. The van der Waals surface area contributed by atoms with Gasteiger partial charge in [-0.1, -0.05) is 57.2 Å². The Hall–Kier alpha value is -0.510. The van der Waals surface area contributed by atoms with Crippen LogP contribution in [-0.4, -0.2) is 22.4 Å². The van der Waals surface area contributed by atoms with Crippen molar-refractivity contribution in [3.8, 4) is 0 Å². The summed E-state index contributed by atoms with van der Waals surface area (Å²) < 4.78 is 0. The summed E-state index contributed by atoms with van der Waals surface area (Å²) in [6.07, 6.45) is 11.1. The Morgan fingerprint density at radius 1 is 1.22 bits per heavy atom. The van der Waals surface area contributed by atoms with E-state index in [2.05, 4.69) is 12.2 Å². The van der Waals surface area contributed by atoms with Crippen LogP contribution in [0.5, 0.6) is 0 Å². The average molecular weight is 268 g/mol. The van der Waals surface area contributed by atoms with E-state index in [-0.39, 0.29) is 11.2 Å². The molecular formula is C14H24N2OS. The zero-order chi connectivity index (χ0) is 12.8. The first-order valence-electron chi connectivity index (χ1n) is 7.35. The second kappa shape index (κ2) is 7.17. The summed E-state index contributed by atoms with van der Waals surface area (Å²) in [7, 11) is 0. The fourth-order valence-electron chi connectivity index (χ4n) is 2.65. The number of nitrogens with zero attached hydrogens (tertiary/aromatic N) is 1. The lowest BCUT2D eigenvalue weighted by molar-refractivity contribution is -0.118. The normalized spacial score (nSPS) is 29.1. The first-order chi connectivity index (χ1) is 8.79. The summed E-state index contributed by atoms with van der Waals surface area (Å²) in [5.74, 6) is 0.159. The highest BCUT2D eigenvalue weighted by Crippen LogP contribution is 2.26. The number of nitrogens with one attached hydrogen (secondary N) is 1. The number of thioether (sulfide) groups is 1. The van der Waals surface area contributed by atoms with Crippen LogP contribution in [0.15, 0.2) is 4.99 Å². The molecule has 18 heavy (non-hydrogen) atoms. The summed E-state index contributed by atoms with van der Waals surface area (Å²) in [5, 5.41) is 3.92. The quantitative estimate of drug-likeness (QED) is 0.851. The van der Waals surface area contributed by atoms with Gasteiger partial charge in [0.1, 0.15) is 0 Å². The van der Waals surface area contributed by atoms with E-state index in [1.807, 2.05) is 0 Å². The molecule has 0 bridgehead atoms. The highest BCUT2D eigenvalue weighted by Gasteiger charge is 2.29.